The monoisotopic (exact) mass is 459 g/mol. The maximum atomic E-state index is 13.0. The molecule has 3 rings (SSSR count). The standard InChI is InChI=1S/C23H29N3O5S/c1-15(2)13-19(22(27)24-12-11-17-7-5-16(3)6-8-17)25-32(29,30)18-9-10-20-21(14-18)31-23(28)26(20)4/h5-10,14-15,19,25H,11-13H2,1-4H3,(H,24,27)/t19-/m0/s1. The van der Waals surface area contributed by atoms with E-state index >= 15 is 0 Å². The topological polar surface area (TPSA) is 110 Å². The molecule has 1 aromatic heterocycles. The number of carbonyl (C=O) groups is 1. The van der Waals surface area contributed by atoms with E-state index in [1.807, 2.05) is 45.0 Å². The van der Waals surface area contributed by atoms with E-state index in [2.05, 4.69) is 10.0 Å². The van der Waals surface area contributed by atoms with Gasteiger partial charge in [0, 0.05) is 19.7 Å². The molecule has 3 aromatic rings. The molecule has 32 heavy (non-hydrogen) atoms. The molecule has 0 saturated carbocycles. The van der Waals surface area contributed by atoms with Gasteiger partial charge in [-0.05, 0) is 43.4 Å². The first kappa shape index (κ1) is 23.7. The quantitative estimate of drug-likeness (QED) is 0.511. The second-order valence-electron chi connectivity index (χ2n) is 8.39. The molecular weight excluding hydrogens is 430 g/mol. The first-order chi connectivity index (χ1) is 15.1. The molecule has 0 bridgehead atoms. The SMILES string of the molecule is Cc1ccc(CCNC(=O)[C@H](CC(C)C)NS(=O)(=O)c2ccc3c(c2)oc(=O)n3C)cc1. The highest BCUT2D eigenvalue weighted by atomic mass is 32.2. The van der Waals surface area contributed by atoms with Gasteiger partial charge in [-0.2, -0.15) is 4.72 Å². The van der Waals surface area contributed by atoms with Crippen molar-refractivity contribution in [3.05, 3.63) is 64.1 Å². The van der Waals surface area contributed by atoms with Gasteiger partial charge in [-0.25, -0.2) is 13.2 Å². The minimum Gasteiger partial charge on any atom is -0.408 e. The van der Waals surface area contributed by atoms with E-state index in [4.69, 9.17) is 4.42 Å². The van der Waals surface area contributed by atoms with Crippen molar-refractivity contribution in [1.29, 1.82) is 0 Å². The van der Waals surface area contributed by atoms with Gasteiger partial charge in [0.2, 0.25) is 15.9 Å². The van der Waals surface area contributed by atoms with Crippen LogP contribution in [-0.4, -0.2) is 31.5 Å². The summed E-state index contributed by atoms with van der Waals surface area (Å²) in [5.74, 6) is -0.852. The van der Waals surface area contributed by atoms with Gasteiger partial charge in [-0.3, -0.25) is 9.36 Å². The van der Waals surface area contributed by atoms with E-state index in [-0.39, 0.29) is 22.3 Å². The van der Waals surface area contributed by atoms with Crippen molar-refractivity contribution in [1.82, 2.24) is 14.6 Å². The molecule has 8 nitrogen and oxygen atoms in total. The molecule has 9 heteroatoms. The van der Waals surface area contributed by atoms with Crippen LogP contribution in [-0.2, 0) is 28.3 Å². The Morgan fingerprint density at radius 3 is 2.47 bits per heavy atom. The number of nitrogens with one attached hydrogen (secondary N) is 2. The Hall–Kier alpha value is -2.91. The second kappa shape index (κ2) is 9.70. The predicted molar refractivity (Wildman–Crippen MR) is 123 cm³/mol. The third-order valence-electron chi connectivity index (χ3n) is 5.23. The Bertz CT molecular complexity index is 1260. The summed E-state index contributed by atoms with van der Waals surface area (Å²) < 4.78 is 34.8. The van der Waals surface area contributed by atoms with Crippen molar-refractivity contribution in [2.75, 3.05) is 6.54 Å². The third kappa shape index (κ3) is 5.66. The maximum Gasteiger partial charge on any atom is 0.419 e. The number of carbonyl (C=O) groups excluding carboxylic acids is 1. The van der Waals surface area contributed by atoms with Crippen molar-refractivity contribution < 1.29 is 17.6 Å². The first-order valence-corrected chi connectivity index (χ1v) is 12.0. The van der Waals surface area contributed by atoms with Gasteiger partial charge in [0.15, 0.2) is 5.58 Å². The molecule has 0 fully saturated rings. The lowest BCUT2D eigenvalue weighted by Crippen LogP contribution is -2.47. The van der Waals surface area contributed by atoms with E-state index in [0.717, 1.165) is 11.1 Å². The number of fused-ring (bicyclic) bond motifs is 1. The molecule has 172 valence electrons. The van der Waals surface area contributed by atoms with E-state index in [0.29, 0.717) is 24.9 Å². The van der Waals surface area contributed by atoms with Crippen LogP contribution in [0.3, 0.4) is 0 Å². The Morgan fingerprint density at radius 2 is 1.81 bits per heavy atom. The lowest BCUT2D eigenvalue weighted by Gasteiger charge is -2.20. The number of hydrogen-bond donors (Lipinski definition) is 2. The van der Waals surface area contributed by atoms with Crippen LogP contribution in [0.1, 0.15) is 31.4 Å². The molecule has 0 radical (unpaired) electrons. The van der Waals surface area contributed by atoms with Crippen LogP contribution in [0.5, 0.6) is 0 Å². The highest BCUT2D eigenvalue weighted by Gasteiger charge is 2.27. The number of oxazole rings is 1. The van der Waals surface area contributed by atoms with Crippen LogP contribution in [0, 0.1) is 12.8 Å². The molecule has 1 atom stereocenters. The summed E-state index contributed by atoms with van der Waals surface area (Å²) in [6.45, 7) is 6.26. The zero-order valence-electron chi connectivity index (χ0n) is 18.7. The lowest BCUT2D eigenvalue weighted by molar-refractivity contribution is -0.123. The molecule has 2 N–H and O–H groups in total. The second-order valence-corrected chi connectivity index (χ2v) is 10.1. The summed E-state index contributed by atoms with van der Waals surface area (Å²) in [6, 6.07) is 11.3. The Morgan fingerprint density at radius 1 is 1.12 bits per heavy atom. The van der Waals surface area contributed by atoms with Crippen LogP contribution < -0.4 is 15.8 Å². The number of rotatable bonds is 9. The normalized spacial score (nSPS) is 12.9. The molecule has 0 aliphatic rings. The smallest absolute Gasteiger partial charge is 0.408 e. The number of nitrogens with zero attached hydrogens (tertiary/aromatic N) is 1. The average molecular weight is 460 g/mol. The molecule has 0 aliphatic carbocycles. The van der Waals surface area contributed by atoms with Gasteiger partial charge in [-0.15, -0.1) is 0 Å². The molecule has 1 amide bonds. The van der Waals surface area contributed by atoms with E-state index in [1.165, 1.54) is 22.8 Å². The fraction of sp³-hybridized carbons (Fsp3) is 0.391. The summed E-state index contributed by atoms with van der Waals surface area (Å²) in [4.78, 5) is 24.4. The predicted octanol–water partition coefficient (Wildman–Crippen LogP) is 2.49. The Balaban J connectivity index is 1.72. The lowest BCUT2D eigenvalue weighted by atomic mass is 10.0. The van der Waals surface area contributed by atoms with Gasteiger partial charge >= 0.3 is 5.76 Å². The van der Waals surface area contributed by atoms with Gasteiger partial charge in [0.25, 0.3) is 0 Å². The van der Waals surface area contributed by atoms with E-state index in [9.17, 15) is 18.0 Å². The van der Waals surface area contributed by atoms with Gasteiger partial charge < -0.3 is 9.73 Å². The average Bonchev–Trinajstić information content (AvgIpc) is 3.01. The number of aromatic nitrogens is 1. The van der Waals surface area contributed by atoms with E-state index in [1.54, 1.807) is 7.05 Å². The van der Waals surface area contributed by atoms with Crippen LogP contribution in [0.15, 0.2) is 56.6 Å². The maximum absolute atomic E-state index is 13.0. The number of hydrogen-bond acceptors (Lipinski definition) is 5. The highest BCUT2D eigenvalue weighted by Crippen LogP contribution is 2.19. The van der Waals surface area contributed by atoms with Crippen molar-refractivity contribution >= 4 is 27.0 Å². The van der Waals surface area contributed by atoms with E-state index < -0.39 is 21.8 Å². The zero-order chi connectivity index (χ0) is 23.5. The number of aryl methyl sites for hydroxylation is 2. The van der Waals surface area contributed by atoms with Crippen molar-refractivity contribution in [3.8, 4) is 0 Å². The summed E-state index contributed by atoms with van der Waals surface area (Å²) in [5.41, 5.74) is 2.91. The Kier molecular flexibility index (Phi) is 7.20. The summed E-state index contributed by atoms with van der Waals surface area (Å²) in [7, 11) is -2.47. The first-order valence-electron chi connectivity index (χ1n) is 10.5. The summed E-state index contributed by atoms with van der Waals surface area (Å²) in [5, 5.41) is 2.84. The molecule has 0 unspecified atom stereocenters. The van der Waals surface area contributed by atoms with Crippen LogP contribution in [0.2, 0.25) is 0 Å². The van der Waals surface area contributed by atoms with Crippen LogP contribution >= 0.6 is 0 Å². The van der Waals surface area contributed by atoms with Crippen molar-refractivity contribution in [2.45, 2.75) is 44.6 Å². The fourth-order valence-corrected chi connectivity index (χ4v) is 4.65. The van der Waals surface area contributed by atoms with Crippen LogP contribution in [0.4, 0.5) is 0 Å². The Labute approximate surface area is 187 Å². The molecule has 2 aromatic carbocycles. The van der Waals surface area contributed by atoms with Crippen molar-refractivity contribution in [3.63, 3.8) is 0 Å². The molecule has 1 heterocycles. The highest BCUT2D eigenvalue weighted by molar-refractivity contribution is 7.89. The minimum absolute atomic E-state index is 0.0689. The number of benzene rings is 2. The number of sulfonamides is 1. The summed E-state index contributed by atoms with van der Waals surface area (Å²) >= 11 is 0. The molecule has 0 saturated heterocycles. The van der Waals surface area contributed by atoms with Gasteiger partial charge in [0.05, 0.1) is 10.4 Å². The largest absolute Gasteiger partial charge is 0.419 e. The van der Waals surface area contributed by atoms with Crippen LogP contribution in [0.25, 0.3) is 11.1 Å². The van der Waals surface area contributed by atoms with Gasteiger partial charge in [-0.1, -0.05) is 43.7 Å². The summed E-state index contributed by atoms with van der Waals surface area (Å²) in [6.07, 6.45) is 0.995. The number of amides is 1. The third-order valence-corrected chi connectivity index (χ3v) is 6.70. The van der Waals surface area contributed by atoms with Crippen molar-refractivity contribution in [2.24, 2.45) is 13.0 Å². The molecular formula is C23H29N3O5S. The molecule has 0 aliphatic heterocycles. The van der Waals surface area contributed by atoms with Gasteiger partial charge in [0.1, 0.15) is 6.04 Å². The minimum atomic E-state index is -4.01. The molecule has 0 spiro atoms. The fourth-order valence-electron chi connectivity index (χ4n) is 3.42. The zero-order valence-corrected chi connectivity index (χ0v) is 19.5.